The standard InChI is InChI=1S/C18H18N2O4/c1-20-15-9-14(7-8-16(15)23-12-17(20)21)10-19-18(22)24-11-13-5-3-2-4-6-13/h2-9H,10-12H2,1H3,(H,19,22). The van der Waals surface area contributed by atoms with Crippen LogP contribution in [0.3, 0.4) is 0 Å². The average Bonchev–Trinajstić information content (AvgIpc) is 2.62. The number of likely N-dealkylation sites (N-methyl/N-ethyl adjacent to an activating group) is 1. The van der Waals surface area contributed by atoms with Crippen molar-refractivity contribution >= 4 is 17.7 Å². The van der Waals surface area contributed by atoms with E-state index in [9.17, 15) is 9.59 Å². The first kappa shape index (κ1) is 15.9. The Hall–Kier alpha value is -3.02. The van der Waals surface area contributed by atoms with Gasteiger partial charge < -0.3 is 19.7 Å². The van der Waals surface area contributed by atoms with Crippen molar-refractivity contribution in [3.8, 4) is 5.75 Å². The van der Waals surface area contributed by atoms with E-state index in [1.807, 2.05) is 42.5 Å². The van der Waals surface area contributed by atoms with E-state index >= 15 is 0 Å². The molecule has 1 N–H and O–H groups in total. The first-order chi connectivity index (χ1) is 11.6. The van der Waals surface area contributed by atoms with E-state index in [1.54, 1.807) is 18.0 Å². The summed E-state index contributed by atoms with van der Waals surface area (Å²) in [6.07, 6.45) is -0.489. The van der Waals surface area contributed by atoms with Crippen molar-refractivity contribution < 1.29 is 19.1 Å². The molecule has 0 atom stereocenters. The van der Waals surface area contributed by atoms with E-state index in [0.29, 0.717) is 18.0 Å². The first-order valence-electron chi connectivity index (χ1n) is 7.60. The van der Waals surface area contributed by atoms with Gasteiger partial charge >= 0.3 is 6.09 Å². The molecule has 0 saturated heterocycles. The number of carbonyl (C=O) groups excluding carboxylic acids is 2. The lowest BCUT2D eigenvalue weighted by atomic mass is 10.1. The smallest absolute Gasteiger partial charge is 0.407 e. The summed E-state index contributed by atoms with van der Waals surface area (Å²) >= 11 is 0. The van der Waals surface area contributed by atoms with Crippen LogP contribution in [0.4, 0.5) is 10.5 Å². The number of anilines is 1. The zero-order chi connectivity index (χ0) is 16.9. The normalized spacial score (nSPS) is 13.0. The highest BCUT2D eigenvalue weighted by Gasteiger charge is 2.22. The minimum Gasteiger partial charge on any atom is -0.482 e. The van der Waals surface area contributed by atoms with Crippen LogP contribution in [0.5, 0.6) is 5.75 Å². The molecule has 0 aromatic heterocycles. The predicted molar refractivity (Wildman–Crippen MR) is 88.8 cm³/mol. The van der Waals surface area contributed by atoms with Crippen molar-refractivity contribution in [1.82, 2.24) is 5.32 Å². The fourth-order valence-electron chi connectivity index (χ4n) is 2.38. The van der Waals surface area contributed by atoms with Gasteiger partial charge in [-0.1, -0.05) is 36.4 Å². The van der Waals surface area contributed by atoms with Crippen molar-refractivity contribution in [1.29, 1.82) is 0 Å². The minimum absolute atomic E-state index is 0.0485. The number of carbonyl (C=O) groups is 2. The van der Waals surface area contributed by atoms with E-state index in [0.717, 1.165) is 11.1 Å². The maximum atomic E-state index is 11.8. The molecule has 3 rings (SSSR count). The van der Waals surface area contributed by atoms with E-state index in [4.69, 9.17) is 9.47 Å². The number of fused-ring (bicyclic) bond motifs is 1. The summed E-state index contributed by atoms with van der Waals surface area (Å²) in [5, 5.41) is 2.70. The number of alkyl carbamates (subject to hydrolysis) is 1. The topological polar surface area (TPSA) is 67.9 Å². The summed E-state index contributed by atoms with van der Waals surface area (Å²) in [6, 6.07) is 14.9. The summed E-state index contributed by atoms with van der Waals surface area (Å²) in [5.41, 5.74) is 2.48. The molecule has 0 fully saturated rings. The second kappa shape index (κ2) is 7.04. The van der Waals surface area contributed by atoms with Gasteiger partial charge in [-0.05, 0) is 23.3 Å². The number of nitrogens with one attached hydrogen (secondary N) is 1. The van der Waals surface area contributed by atoms with Crippen LogP contribution in [0, 0.1) is 0 Å². The molecule has 0 radical (unpaired) electrons. The SMILES string of the molecule is CN1C(=O)COc2ccc(CNC(=O)OCc3ccccc3)cc21. The van der Waals surface area contributed by atoms with E-state index in [2.05, 4.69) is 5.32 Å². The molecule has 0 saturated carbocycles. The molecule has 0 bridgehead atoms. The molecule has 2 amide bonds. The third kappa shape index (κ3) is 3.65. The highest BCUT2D eigenvalue weighted by atomic mass is 16.5. The number of nitrogens with zero attached hydrogens (tertiary/aromatic N) is 1. The van der Waals surface area contributed by atoms with Crippen LogP contribution in [0.15, 0.2) is 48.5 Å². The van der Waals surface area contributed by atoms with Gasteiger partial charge in [0.1, 0.15) is 12.4 Å². The average molecular weight is 326 g/mol. The molecule has 2 aromatic carbocycles. The van der Waals surface area contributed by atoms with Gasteiger partial charge in [0.05, 0.1) is 5.69 Å². The summed E-state index contributed by atoms with van der Waals surface area (Å²) in [7, 11) is 1.70. The number of rotatable bonds is 4. The lowest BCUT2D eigenvalue weighted by molar-refractivity contribution is -0.120. The van der Waals surface area contributed by atoms with Gasteiger partial charge in [0.15, 0.2) is 6.61 Å². The Labute approximate surface area is 140 Å². The molecule has 24 heavy (non-hydrogen) atoms. The van der Waals surface area contributed by atoms with Crippen molar-refractivity contribution in [3.05, 3.63) is 59.7 Å². The fourth-order valence-corrected chi connectivity index (χ4v) is 2.38. The predicted octanol–water partition coefficient (Wildman–Crippen LogP) is 2.47. The molecule has 0 spiro atoms. The van der Waals surface area contributed by atoms with Crippen LogP contribution in [0.25, 0.3) is 0 Å². The number of amides is 2. The van der Waals surface area contributed by atoms with Crippen LogP contribution in [-0.2, 0) is 22.7 Å². The summed E-state index contributed by atoms with van der Waals surface area (Å²) in [5.74, 6) is 0.558. The molecule has 1 aliphatic heterocycles. The molecular formula is C18H18N2O4. The number of benzene rings is 2. The van der Waals surface area contributed by atoms with Gasteiger partial charge in [-0.25, -0.2) is 4.79 Å². The Morgan fingerprint density at radius 3 is 2.79 bits per heavy atom. The van der Waals surface area contributed by atoms with Crippen LogP contribution < -0.4 is 15.0 Å². The largest absolute Gasteiger partial charge is 0.482 e. The zero-order valence-corrected chi connectivity index (χ0v) is 13.3. The van der Waals surface area contributed by atoms with E-state index < -0.39 is 6.09 Å². The van der Waals surface area contributed by atoms with Crippen molar-refractivity contribution in [3.63, 3.8) is 0 Å². The molecule has 0 unspecified atom stereocenters. The summed E-state index contributed by atoms with van der Waals surface area (Å²) in [4.78, 5) is 25.0. The van der Waals surface area contributed by atoms with Gasteiger partial charge in [0.2, 0.25) is 0 Å². The molecule has 1 heterocycles. The number of ether oxygens (including phenoxy) is 2. The highest BCUT2D eigenvalue weighted by molar-refractivity contribution is 5.97. The van der Waals surface area contributed by atoms with Crippen LogP contribution in [0.2, 0.25) is 0 Å². The van der Waals surface area contributed by atoms with Gasteiger partial charge in [-0.15, -0.1) is 0 Å². The lowest BCUT2D eigenvalue weighted by Gasteiger charge is -2.26. The molecule has 2 aromatic rings. The van der Waals surface area contributed by atoms with E-state index in [-0.39, 0.29) is 19.1 Å². The Bertz CT molecular complexity index is 746. The van der Waals surface area contributed by atoms with Crippen LogP contribution in [0.1, 0.15) is 11.1 Å². The molecule has 1 aliphatic rings. The van der Waals surface area contributed by atoms with Gasteiger partial charge in [0.25, 0.3) is 5.91 Å². The molecule has 0 aliphatic carbocycles. The quantitative estimate of drug-likeness (QED) is 0.937. The van der Waals surface area contributed by atoms with Crippen molar-refractivity contribution in [2.24, 2.45) is 0 Å². The molecular weight excluding hydrogens is 308 g/mol. The Morgan fingerprint density at radius 2 is 2.00 bits per heavy atom. The first-order valence-corrected chi connectivity index (χ1v) is 7.60. The molecule has 6 nitrogen and oxygen atoms in total. The lowest BCUT2D eigenvalue weighted by Crippen LogP contribution is -2.35. The maximum absolute atomic E-state index is 11.8. The number of hydrogen-bond acceptors (Lipinski definition) is 4. The monoisotopic (exact) mass is 326 g/mol. The zero-order valence-electron chi connectivity index (χ0n) is 13.3. The Kier molecular flexibility index (Phi) is 4.65. The van der Waals surface area contributed by atoms with Gasteiger partial charge in [-0.3, -0.25) is 4.79 Å². The fraction of sp³-hybridized carbons (Fsp3) is 0.222. The minimum atomic E-state index is -0.489. The van der Waals surface area contributed by atoms with Crippen LogP contribution in [-0.4, -0.2) is 25.7 Å². The van der Waals surface area contributed by atoms with Gasteiger partial charge in [0, 0.05) is 13.6 Å². The molecule has 6 heteroatoms. The Morgan fingerprint density at radius 1 is 1.21 bits per heavy atom. The van der Waals surface area contributed by atoms with Crippen LogP contribution >= 0.6 is 0 Å². The second-order valence-corrected chi connectivity index (χ2v) is 5.46. The summed E-state index contributed by atoms with van der Waals surface area (Å²) in [6.45, 7) is 0.581. The third-order valence-corrected chi connectivity index (χ3v) is 3.76. The second-order valence-electron chi connectivity index (χ2n) is 5.46. The van der Waals surface area contributed by atoms with E-state index in [1.165, 1.54) is 0 Å². The Balaban J connectivity index is 1.55. The van der Waals surface area contributed by atoms with Crippen molar-refractivity contribution in [2.75, 3.05) is 18.6 Å². The number of hydrogen-bond donors (Lipinski definition) is 1. The molecule has 124 valence electrons. The van der Waals surface area contributed by atoms with Gasteiger partial charge in [-0.2, -0.15) is 0 Å². The van der Waals surface area contributed by atoms with Crippen molar-refractivity contribution in [2.45, 2.75) is 13.2 Å². The summed E-state index contributed by atoms with van der Waals surface area (Å²) < 4.78 is 10.5. The highest BCUT2D eigenvalue weighted by Crippen LogP contribution is 2.31. The maximum Gasteiger partial charge on any atom is 0.407 e. The third-order valence-electron chi connectivity index (χ3n) is 3.76.